The number of fused-ring (bicyclic) bond motifs is 4. The predicted molar refractivity (Wildman–Crippen MR) is 253 cm³/mol. The fraction of sp³-hybridized carbons (Fsp3) is 0.211. The van der Waals surface area contributed by atoms with Crippen LogP contribution in [0, 0.1) is 6.07 Å². The van der Waals surface area contributed by atoms with Gasteiger partial charge in [-0.05, 0) is 40.5 Å². The molecule has 8 aromatic rings. The molecule has 0 aliphatic heterocycles. The third kappa shape index (κ3) is 11.1. The third-order valence-corrected chi connectivity index (χ3v) is 12.3. The molecule has 0 bridgehead atoms. The molecular formula is C57H56SiZr. The maximum atomic E-state index is 3.53. The molecule has 0 N–H and O–H groups in total. The molecule has 1 aliphatic rings. The van der Waals surface area contributed by atoms with Crippen molar-refractivity contribution in [2.45, 2.75) is 78.6 Å². The molecule has 0 aromatic heterocycles. The molecule has 292 valence electrons. The maximum Gasteiger partial charge on any atom is 2.00 e. The Morgan fingerprint density at radius 1 is 0.542 bits per heavy atom. The second-order valence-corrected chi connectivity index (χ2v) is 19.0. The zero-order valence-electron chi connectivity index (χ0n) is 35.9. The van der Waals surface area contributed by atoms with E-state index >= 15 is 0 Å². The first-order valence-corrected chi connectivity index (χ1v) is 21.9. The van der Waals surface area contributed by atoms with Crippen LogP contribution in [-0.4, -0.2) is 9.52 Å². The van der Waals surface area contributed by atoms with Gasteiger partial charge in [-0.2, -0.15) is 35.4 Å². The quantitative estimate of drug-likeness (QED) is 0.115. The van der Waals surface area contributed by atoms with E-state index in [1.54, 1.807) is 0 Å². The van der Waals surface area contributed by atoms with Crippen molar-refractivity contribution in [3.63, 3.8) is 0 Å². The Bertz CT molecular complexity index is 2450. The van der Waals surface area contributed by atoms with Crippen LogP contribution < -0.4 is 10.4 Å². The predicted octanol–water partition coefficient (Wildman–Crippen LogP) is 13.8. The molecule has 59 heavy (non-hydrogen) atoms. The summed E-state index contributed by atoms with van der Waals surface area (Å²) in [5.74, 6) is 0. The van der Waals surface area contributed by atoms with Gasteiger partial charge < -0.3 is 0 Å². The van der Waals surface area contributed by atoms with Crippen molar-refractivity contribution in [3.05, 3.63) is 210 Å². The minimum atomic E-state index is 0. The Morgan fingerprint density at radius 2 is 1.10 bits per heavy atom. The molecule has 0 spiro atoms. The van der Waals surface area contributed by atoms with Crippen molar-refractivity contribution in [1.29, 1.82) is 0 Å². The van der Waals surface area contributed by atoms with Gasteiger partial charge in [0, 0.05) is 0 Å². The van der Waals surface area contributed by atoms with Gasteiger partial charge in [0.05, 0.1) is 0 Å². The summed E-state index contributed by atoms with van der Waals surface area (Å²) in [4.78, 5) is 0. The number of aryl methyl sites for hydroxylation is 1. The molecular weight excluding hydrogens is 804 g/mol. The zero-order valence-corrected chi connectivity index (χ0v) is 39.3. The van der Waals surface area contributed by atoms with E-state index in [9.17, 15) is 0 Å². The van der Waals surface area contributed by atoms with Crippen molar-refractivity contribution in [2.75, 3.05) is 0 Å². The topological polar surface area (TPSA) is 0 Å². The van der Waals surface area contributed by atoms with Gasteiger partial charge in [-0.3, -0.25) is 0 Å². The van der Waals surface area contributed by atoms with Crippen molar-refractivity contribution in [3.8, 4) is 33.4 Å². The summed E-state index contributed by atoms with van der Waals surface area (Å²) in [6.45, 7) is 15.9. The molecule has 0 heterocycles. The van der Waals surface area contributed by atoms with E-state index in [1.807, 2.05) is 0 Å². The van der Waals surface area contributed by atoms with Crippen molar-refractivity contribution >= 4 is 30.7 Å². The molecule has 9 rings (SSSR count). The molecule has 0 nitrogen and oxygen atoms in total. The van der Waals surface area contributed by atoms with E-state index < -0.39 is 0 Å². The van der Waals surface area contributed by atoms with Crippen LogP contribution in [0.5, 0.6) is 0 Å². The summed E-state index contributed by atoms with van der Waals surface area (Å²) in [6.07, 6.45) is 3.37. The fourth-order valence-electron chi connectivity index (χ4n) is 7.65. The fourth-order valence-corrected chi connectivity index (χ4v) is 8.70. The Labute approximate surface area is 376 Å². The molecule has 2 heteroatoms. The number of hydrogen-bond acceptors (Lipinski definition) is 0. The van der Waals surface area contributed by atoms with Crippen molar-refractivity contribution < 1.29 is 26.2 Å². The molecule has 0 atom stereocenters. The maximum absolute atomic E-state index is 3.53. The SMILES string of the molecule is CC(C)(C)c1c[c-]c2c(c1)-c1cc(C(C)(C)C)ccc1C2.CCCc1cc2c(-c3ccc(-c4ccccc4)cc3)cccc2[cH-]1.[Zr+2].c1ccc([Si]c2ccccc2)cc1. The summed E-state index contributed by atoms with van der Waals surface area (Å²) >= 11 is 0. The van der Waals surface area contributed by atoms with Gasteiger partial charge in [-0.1, -0.05) is 227 Å². The van der Waals surface area contributed by atoms with Gasteiger partial charge in [0.25, 0.3) is 0 Å². The minimum Gasteiger partial charge on any atom is -0.179 e. The van der Waals surface area contributed by atoms with Crippen molar-refractivity contribution in [2.24, 2.45) is 0 Å². The molecule has 0 saturated carbocycles. The second-order valence-electron chi connectivity index (χ2n) is 17.6. The van der Waals surface area contributed by atoms with E-state index in [2.05, 4.69) is 230 Å². The Hall–Kier alpha value is -4.75. The Balaban J connectivity index is 0.000000154. The van der Waals surface area contributed by atoms with Gasteiger partial charge in [0.2, 0.25) is 0 Å². The average molecular weight is 860 g/mol. The molecule has 1 aliphatic carbocycles. The molecule has 8 aromatic carbocycles. The summed E-state index contributed by atoms with van der Waals surface area (Å²) in [6, 6.07) is 67.0. The molecule has 0 saturated heterocycles. The summed E-state index contributed by atoms with van der Waals surface area (Å²) in [5.41, 5.74) is 15.3. The van der Waals surface area contributed by atoms with E-state index in [0.717, 1.165) is 22.4 Å². The zero-order chi connectivity index (χ0) is 40.7. The normalized spacial score (nSPS) is 11.6. The molecule has 0 amide bonds. The van der Waals surface area contributed by atoms with Crippen LogP contribution in [0.1, 0.15) is 82.7 Å². The number of hydrogen-bond donors (Lipinski definition) is 0. The van der Waals surface area contributed by atoms with Crippen LogP contribution in [0.3, 0.4) is 0 Å². The number of rotatable bonds is 6. The molecule has 0 fully saturated rings. The van der Waals surface area contributed by atoms with Gasteiger partial charge in [0.15, 0.2) is 0 Å². The summed E-state index contributed by atoms with van der Waals surface area (Å²) in [7, 11) is 0.777. The van der Waals surface area contributed by atoms with E-state index in [4.69, 9.17) is 0 Å². The van der Waals surface area contributed by atoms with E-state index in [1.165, 1.54) is 88.8 Å². The summed E-state index contributed by atoms with van der Waals surface area (Å²) < 4.78 is 0. The van der Waals surface area contributed by atoms with Gasteiger partial charge in [0.1, 0.15) is 9.52 Å². The largest absolute Gasteiger partial charge is 2.00 e. The van der Waals surface area contributed by atoms with Gasteiger partial charge in [-0.25, -0.2) is 0 Å². The summed E-state index contributed by atoms with van der Waals surface area (Å²) in [5, 5.41) is 5.51. The van der Waals surface area contributed by atoms with Crippen LogP contribution in [0.25, 0.3) is 44.2 Å². The first-order chi connectivity index (χ1) is 28.0. The van der Waals surface area contributed by atoms with Crippen LogP contribution >= 0.6 is 0 Å². The van der Waals surface area contributed by atoms with Crippen LogP contribution in [-0.2, 0) is 49.9 Å². The minimum absolute atomic E-state index is 0. The molecule has 2 radical (unpaired) electrons. The molecule has 0 unspecified atom stereocenters. The Kier molecular flexibility index (Phi) is 14.5. The van der Waals surface area contributed by atoms with Crippen LogP contribution in [0.15, 0.2) is 176 Å². The van der Waals surface area contributed by atoms with E-state index in [0.29, 0.717) is 0 Å². The van der Waals surface area contributed by atoms with Crippen molar-refractivity contribution in [1.82, 2.24) is 0 Å². The van der Waals surface area contributed by atoms with Crippen LogP contribution in [0.4, 0.5) is 0 Å². The second kappa shape index (κ2) is 19.5. The standard InChI is InChI=1S/C24H21.C21H25.C12H10Si.Zr/c1-2-7-18-16-22-10-6-11-23(24(22)17-18)21-14-12-20(13-15-21)19-8-4-3-5-9-19;1-20(2,3)16-9-7-14-11-15-8-10-17(21(4,5)6)13-19(15)18(14)12-16;1-3-7-11(8-4-1)13-12-9-5-2-6-10-12;/h3-6,8-17H,2,7H2,1H3;7,9-10,12-13H,11H2,1-6H3;1-10H;/q2*-1;;+2. The average Bonchev–Trinajstić information content (AvgIpc) is 3.82. The number of benzene rings is 7. The van der Waals surface area contributed by atoms with Gasteiger partial charge >= 0.3 is 26.2 Å². The Morgan fingerprint density at radius 3 is 1.69 bits per heavy atom. The smallest absolute Gasteiger partial charge is 0.179 e. The van der Waals surface area contributed by atoms with Gasteiger partial charge in [-0.15, -0.1) is 40.1 Å². The first-order valence-electron chi connectivity index (χ1n) is 20.9. The van der Waals surface area contributed by atoms with Crippen LogP contribution in [0.2, 0.25) is 0 Å². The monoisotopic (exact) mass is 858 g/mol. The first kappa shape index (κ1) is 43.8. The van der Waals surface area contributed by atoms with E-state index in [-0.39, 0.29) is 37.0 Å². The third-order valence-electron chi connectivity index (χ3n) is 11.0.